The van der Waals surface area contributed by atoms with Gasteiger partial charge in [0.1, 0.15) is 5.75 Å². The first-order valence-corrected chi connectivity index (χ1v) is 15.5. The molecule has 0 aliphatic carbocycles. The number of hydrogen-bond acceptors (Lipinski definition) is 8. The van der Waals surface area contributed by atoms with Crippen LogP contribution in [-0.2, 0) is 32.1 Å². The van der Waals surface area contributed by atoms with Crippen LogP contribution in [0.2, 0.25) is 0 Å². The van der Waals surface area contributed by atoms with Crippen LogP contribution in [0.4, 0.5) is 0 Å². The summed E-state index contributed by atoms with van der Waals surface area (Å²) in [4.78, 5) is 2.34. The summed E-state index contributed by atoms with van der Waals surface area (Å²) < 4.78 is 30.9. The lowest BCUT2D eigenvalue weighted by Gasteiger charge is -2.37. The molecule has 2 N–H and O–H groups in total. The van der Waals surface area contributed by atoms with Gasteiger partial charge in [-0.25, -0.2) is 0 Å². The van der Waals surface area contributed by atoms with E-state index in [0.29, 0.717) is 46.7 Å². The van der Waals surface area contributed by atoms with Gasteiger partial charge in [-0.3, -0.25) is 4.90 Å². The minimum Gasteiger partial charge on any atom is -0.504 e. The Morgan fingerprint density at radius 3 is 2.33 bits per heavy atom. The van der Waals surface area contributed by atoms with Crippen LogP contribution >= 0.6 is 0 Å². The second-order valence-corrected chi connectivity index (χ2v) is 11.7. The normalized spacial score (nSPS) is 16.1. The standard InChI is InChI=1S/C37H42N2O6/c1-38-16-14-26-20-32(41-3)33-21-25(26)10-6-23-7-11-28(12-8-23)44-31-19-24(9-13-30(31)40)18-29-35-27(15-17-39(29)2)22-34(42-4)36(43-5)37(35)45-33/h7-9,11-13,19-22,29,38,40H,6,10,14-18H2,1-5H3. The van der Waals surface area contributed by atoms with Gasteiger partial charge in [-0.2, -0.15) is 0 Å². The lowest BCUT2D eigenvalue weighted by molar-refractivity contribution is 0.221. The maximum Gasteiger partial charge on any atom is 0.204 e. The molecule has 6 bridgehead atoms. The van der Waals surface area contributed by atoms with Gasteiger partial charge in [0, 0.05) is 18.2 Å². The van der Waals surface area contributed by atoms with Crippen molar-refractivity contribution in [3.63, 3.8) is 0 Å². The molecule has 236 valence electrons. The van der Waals surface area contributed by atoms with Crippen molar-refractivity contribution in [1.29, 1.82) is 0 Å². The van der Waals surface area contributed by atoms with Gasteiger partial charge in [-0.1, -0.05) is 18.2 Å². The molecule has 45 heavy (non-hydrogen) atoms. The molecule has 0 saturated carbocycles. The number of methoxy groups -OCH3 is 3. The highest BCUT2D eigenvalue weighted by atomic mass is 16.5. The Morgan fingerprint density at radius 1 is 0.822 bits per heavy atom. The van der Waals surface area contributed by atoms with Gasteiger partial charge in [0.15, 0.2) is 34.5 Å². The predicted molar refractivity (Wildman–Crippen MR) is 175 cm³/mol. The topological polar surface area (TPSA) is 81.7 Å². The van der Waals surface area contributed by atoms with Gasteiger partial charge in [0.05, 0.1) is 21.3 Å². The Morgan fingerprint density at radius 2 is 1.60 bits per heavy atom. The van der Waals surface area contributed by atoms with Crippen molar-refractivity contribution in [3.05, 3.63) is 94.0 Å². The van der Waals surface area contributed by atoms with Crippen molar-refractivity contribution < 1.29 is 28.8 Å². The van der Waals surface area contributed by atoms with Gasteiger partial charge in [0.2, 0.25) is 5.75 Å². The third-order valence-corrected chi connectivity index (χ3v) is 8.98. The van der Waals surface area contributed by atoms with Crippen molar-refractivity contribution >= 4 is 0 Å². The molecule has 3 aliphatic heterocycles. The van der Waals surface area contributed by atoms with Crippen LogP contribution in [0.15, 0.2) is 60.7 Å². The van der Waals surface area contributed by atoms with Crippen LogP contribution in [0.3, 0.4) is 0 Å². The van der Waals surface area contributed by atoms with E-state index in [1.807, 2.05) is 31.3 Å². The number of aromatic hydroxyl groups is 1. The van der Waals surface area contributed by atoms with E-state index in [2.05, 4.69) is 47.6 Å². The van der Waals surface area contributed by atoms with Gasteiger partial charge in [-0.05, 0) is 123 Å². The van der Waals surface area contributed by atoms with E-state index < -0.39 is 0 Å². The van der Waals surface area contributed by atoms with E-state index in [9.17, 15) is 5.11 Å². The lowest BCUT2D eigenvalue weighted by Crippen LogP contribution is -2.34. The average molecular weight is 611 g/mol. The summed E-state index contributed by atoms with van der Waals surface area (Å²) in [5.41, 5.74) is 6.84. The number of likely N-dealkylation sites (N-methyl/N-ethyl adjacent to an activating group) is 2. The molecule has 8 nitrogen and oxygen atoms in total. The van der Waals surface area contributed by atoms with Gasteiger partial charge >= 0.3 is 0 Å². The highest BCUT2D eigenvalue weighted by Crippen LogP contribution is 2.51. The Bertz CT molecular complexity index is 1670. The van der Waals surface area contributed by atoms with Crippen molar-refractivity contribution in [2.45, 2.75) is 38.1 Å². The molecule has 1 atom stereocenters. The highest BCUT2D eigenvalue weighted by molar-refractivity contribution is 5.63. The molecule has 3 aliphatic rings. The first-order chi connectivity index (χ1) is 21.9. The predicted octanol–water partition coefficient (Wildman–Crippen LogP) is 6.63. The number of rotatable bonds is 6. The summed E-state index contributed by atoms with van der Waals surface area (Å²) in [6.45, 7) is 1.72. The zero-order valence-corrected chi connectivity index (χ0v) is 26.7. The molecule has 0 amide bonds. The van der Waals surface area contributed by atoms with E-state index in [1.54, 1.807) is 27.4 Å². The molecule has 0 radical (unpaired) electrons. The van der Waals surface area contributed by atoms with E-state index in [-0.39, 0.29) is 11.8 Å². The molecule has 0 aromatic heterocycles. The first kappa shape index (κ1) is 30.6. The van der Waals surface area contributed by atoms with Crippen molar-refractivity contribution in [2.75, 3.05) is 48.5 Å². The smallest absolute Gasteiger partial charge is 0.204 e. The fourth-order valence-corrected chi connectivity index (χ4v) is 6.47. The maximum atomic E-state index is 10.7. The second-order valence-electron chi connectivity index (χ2n) is 11.7. The first-order valence-electron chi connectivity index (χ1n) is 15.5. The largest absolute Gasteiger partial charge is 0.504 e. The lowest BCUT2D eigenvalue weighted by atomic mass is 9.87. The van der Waals surface area contributed by atoms with Crippen LogP contribution in [0, 0.1) is 0 Å². The van der Waals surface area contributed by atoms with E-state index in [1.165, 1.54) is 16.7 Å². The zero-order chi connectivity index (χ0) is 31.5. The van der Waals surface area contributed by atoms with E-state index >= 15 is 0 Å². The maximum absolute atomic E-state index is 10.7. The molecule has 4 aromatic rings. The van der Waals surface area contributed by atoms with Gasteiger partial charge in [0.25, 0.3) is 0 Å². The number of ether oxygens (including phenoxy) is 5. The fraction of sp³-hybridized carbons (Fsp3) is 0.351. The summed E-state index contributed by atoms with van der Waals surface area (Å²) in [5, 5.41) is 14.0. The number of nitrogens with zero attached hydrogens (tertiary/aromatic N) is 1. The molecule has 7 rings (SSSR count). The van der Waals surface area contributed by atoms with Crippen molar-refractivity contribution in [2.24, 2.45) is 0 Å². The van der Waals surface area contributed by atoms with E-state index in [4.69, 9.17) is 23.7 Å². The third-order valence-electron chi connectivity index (χ3n) is 8.98. The summed E-state index contributed by atoms with van der Waals surface area (Å²) in [6, 6.07) is 19.9. The monoisotopic (exact) mass is 610 g/mol. The molecule has 0 fully saturated rings. The zero-order valence-electron chi connectivity index (χ0n) is 26.7. The minimum absolute atomic E-state index is 0.0421. The number of hydrogen-bond donors (Lipinski definition) is 2. The third kappa shape index (κ3) is 6.26. The van der Waals surface area contributed by atoms with Crippen LogP contribution in [0.5, 0.6) is 46.0 Å². The summed E-state index contributed by atoms with van der Waals surface area (Å²) >= 11 is 0. The number of nitrogens with one attached hydrogen (secondary N) is 1. The number of aryl methyl sites for hydroxylation is 2. The molecule has 4 aromatic carbocycles. The highest BCUT2D eigenvalue weighted by Gasteiger charge is 2.33. The van der Waals surface area contributed by atoms with Crippen molar-refractivity contribution in [3.8, 4) is 46.0 Å². The molecular weight excluding hydrogens is 568 g/mol. The Balaban J connectivity index is 1.57. The quantitative estimate of drug-likeness (QED) is 0.252. The van der Waals surface area contributed by atoms with Gasteiger partial charge < -0.3 is 34.1 Å². The molecule has 3 heterocycles. The van der Waals surface area contributed by atoms with E-state index in [0.717, 1.165) is 55.5 Å². The average Bonchev–Trinajstić information content (AvgIpc) is 3.05. The van der Waals surface area contributed by atoms with Crippen LogP contribution in [0.25, 0.3) is 0 Å². The Hall–Kier alpha value is -4.40. The molecule has 0 spiro atoms. The van der Waals surface area contributed by atoms with Crippen LogP contribution in [0.1, 0.15) is 39.4 Å². The second kappa shape index (κ2) is 13.3. The summed E-state index contributed by atoms with van der Waals surface area (Å²) in [5.74, 6) is 4.32. The van der Waals surface area contributed by atoms with Crippen LogP contribution in [-0.4, -0.2) is 58.5 Å². The van der Waals surface area contributed by atoms with Crippen molar-refractivity contribution in [1.82, 2.24) is 10.2 Å². The molecule has 0 saturated heterocycles. The molecular formula is C37H42N2O6. The molecule has 1 unspecified atom stereocenters. The number of phenolic OH excluding ortho intramolecular Hbond substituents is 1. The minimum atomic E-state index is -0.0421. The Labute approximate surface area is 265 Å². The van der Waals surface area contributed by atoms with Gasteiger partial charge in [-0.15, -0.1) is 0 Å². The van der Waals surface area contributed by atoms with Crippen LogP contribution < -0.4 is 29.0 Å². The number of fused-ring (bicyclic) bond motifs is 3. The number of benzene rings is 4. The summed E-state index contributed by atoms with van der Waals surface area (Å²) in [6.07, 6.45) is 4.02. The summed E-state index contributed by atoms with van der Waals surface area (Å²) in [7, 11) is 9.09. The SMILES string of the molecule is CNCCc1cc(OC)c2cc1CCc1ccc(cc1)Oc1cc(ccc1O)CC1c3c(cc(OC)c(OC)c3O2)CCN1C. The Kier molecular flexibility index (Phi) is 9.05. The number of phenols is 1. The molecule has 8 heteroatoms. The fourth-order valence-electron chi connectivity index (χ4n) is 6.47.